The van der Waals surface area contributed by atoms with Crippen molar-refractivity contribution in [2.24, 2.45) is 5.92 Å². The molecule has 4 saturated heterocycles. The van der Waals surface area contributed by atoms with E-state index in [0.29, 0.717) is 47.0 Å². The van der Waals surface area contributed by atoms with E-state index in [-0.39, 0.29) is 40.9 Å². The number of hydrogen-bond acceptors (Lipinski definition) is 10. The average molecular weight is 680 g/mol. The topological polar surface area (TPSA) is 144 Å². The summed E-state index contributed by atoms with van der Waals surface area (Å²) in [6.45, 7) is 8.98. The number of imide groups is 2. The van der Waals surface area contributed by atoms with Gasteiger partial charge < -0.3 is 15.5 Å². The number of nitrogens with two attached hydrogens (primary N) is 1. The van der Waals surface area contributed by atoms with Crippen LogP contribution in [0.15, 0.2) is 41.3 Å². The molecule has 0 spiro atoms. The fraction of sp³-hybridized carbons (Fsp3) is 0.500. The smallest absolute Gasteiger partial charge is 0.399 e. The van der Waals surface area contributed by atoms with Crippen molar-refractivity contribution in [3.05, 3.63) is 53.3 Å². The van der Waals surface area contributed by atoms with Crippen LogP contribution < -0.4 is 10.6 Å². The van der Waals surface area contributed by atoms with E-state index in [1.54, 1.807) is 24.3 Å². The van der Waals surface area contributed by atoms with Crippen molar-refractivity contribution >= 4 is 51.6 Å². The summed E-state index contributed by atoms with van der Waals surface area (Å²) in [6, 6.07) is 8.06. The number of benzene rings is 2. The molecule has 5 aliphatic heterocycles. The molecule has 5 heterocycles. The molecular weight excluding hydrogens is 639 g/mol. The van der Waals surface area contributed by atoms with Gasteiger partial charge in [-0.15, -0.1) is 4.58 Å². The van der Waals surface area contributed by atoms with Crippen molar-refractivity contribution in [3.63, 3.8) is 0 Å². The van der Waals surface area contributed by atoms with E-state index >= 15 is 4.39 Å². The van der Waals surface area contributed by atoms with Crippen molar-refractivity contribution in [2.45, 2.75) is 60.8 Å². The number of hydrogen-bond donors (Lipinski definition) is 1. The van der Waals surface area contributed by atoms with E-state index in [0.717, 1.165) is 56.5 Å². The number of anilines is 2. The molecule has 254 valence electrons. The third-order valence-electron chi connectivity index (χ3n) is 10.8. The van der Waals surface area contributed by atoms with Gasteiger partial charge in [-0.2, -0.15) is 0 Å². The zero-order valence-electron chi connectivity index (χ0n) is 26.7. The summed E-state index contributed by atoms with van der Waals surface area (Å²) in [4.78, 5) is 58.8. The Kier molecular flexibility index (Phi) is 8.45. The van der Waals surface area contributed by atoms with Crippen LogP contribution in [-0.4, -0.2) is 121 Å². The maximum atomic E-state index is 15.3. The van der Waals surface area contributed by atoms with Gasteiger partial charge in [-0.1, -0.05) is 0 Å². The highest BCUT2D eigenvalue weighted by Crippen LogP contribution is 2.36. The minimum absolute atomic E-state index is 0.0170. The SMILES string of the molecule is C=[N+]1C(=O)CCC(N2C(=O)c3cc(F)c(N4CC(N5CCC(CN6CCC(S(=O)(=O)c7ccc(N)cc7)CC6)CC5)C4)cc3C2=O)C1=O. The van der Waals surface area contributed by atoms with Crippen LogP contribution in [0.3, 0.4) is 0 Å². The van der Waals surface area contributed by atoms with Crippen LogP contribution in [-0.2, 0) is 19.4 Å². The Morgan fingerprint density at radius 1 is 0.875 bits per heavy atom. The summed E-state index contributed by atoms with van der Waals surface area (Å²) in [5.41, 5.74) is 6.52. The summed E-state index contributed by atoms with van der Waals surface area (Å²) in [6.07, 6.45) is 3.32. The van der Waals surface area contributed by atoms with Gasteiger partial charge in [0.25, 0.3) is 11.8 Å². The van der Waals surface area contributed by atoms with Gasteiger partial charge in [-0.3, -0.25) is 19.4 Å². The fourth-order valence-corrected chi connectivity index (χ4v) is 9.59. The van der Waals surface area contributed by atoms with Gasteiger partial charge in [0.2, 0.25) is 0 Å². The highest BCUT2D eigenvalue weighted by Gasteiger charge is 2.50. The molecule has 12 nitrogen and oxygen atoms in total. The third kappa shape index (κ3) is 5.73. The fourth-order valence-electron chi connectivity index (χ4n) is 7.85. The number of sulfone groups is 1. The molecule has 0 aromatic heterocycles. The third-order valence-corrected chi connectivity index (χ3v) is 13.1. The highest BCUT2D eigenvalue weighted by atomic mass is 32.2. The average Bonchev–Trinajstić information content (AvgIpc) is 3.28. The molecule has 7 rings (SSSR count). The summed E-state index contributed by atoms with van der Waals surface area (Å²) >= 11 is 0. The Labute approximate surface area is 278 Å². The Morgan fingerprint density at radius 3 is 2.15 bits per heavy atom. The minimum atomic E-state index is -3.37. The van der Waals surface area contributed by atoms with E-state index in [1.165, 1.54) is 6.07 Å². The normalized spacial score (nSPS) is 24.0. The number of piperidine rings is 3. The molecule has 0 saturated carbocycles. The number of carbonyl (C=O) groups is 4. The van der Waals surface area contributed by atoms with Crippen LogP contribution in [0.5, 0.6) is 0 Å². The number of amides is 4. The number of nitrogens with zero attached hydrogens (tertiary/aromatic N) is 5. The molecule has 5 aliphatic rings. The quantitative estimate of drug-likeness (QED) is 0.261. The lowest BCUT2D eigenvalue weighted by molar-refractivity contribution is -0.386. The molecule has 0 aliphatic carbocycles. The molecule has 4 amide bonds. The number of fused-ring (bicyclic) bond motifs is 1. The van der Waals surface area contributed by atoms with Gasteiger partial charge in [0.15, 0.2) is 15.9 Å². The van der Waals surface area contributed by atoms with Crippen LogP contribution in [0.4, 0.5) is 15.8 Å². The van der Waals surface area contributed by atoms with Crippen LogP contribution in [0.2, 0.25) is 0 Å². The maximum Gasteiger partial charge on any atom is 0.417 e. The van der Waals surface area contributed by atoms with Crippen LogP contribution in [0.1, 0.15) is 59.2 Å². The van der Waals surface area contributed by atoms with E-state index in [2.05, 4.69) is 16.5 Å². The standard InChI is InChI=1S/C34H40FN6O6S/c1-37-31(42)7-6-29(34(37)45)41-32(43)26-16-28(35)30(17-27(26)33(41)44)40-19-23(20-40)39-14-8-21(9-15-39)18-38-12-10-25(11-13-38)48(46,47)24-4-2-22(36)3-5-24/h2-5,16-17,21,23,25,29H,1,6-15,18-20,36H2/q+1. The lowest BCUT2D eigenvalue weighted by atomic mass is 9.92. The molecule has 14 heteroatoms. The number of likely N-dealkylation sites (tertiary alicyclic amines) is 2. The predicted molar refractivity (Wildman–Crippen MR) is 175 cm³/mol. The Bertz CT molecular complexity index is 1790. The van der Waals surface area contributed by atoms with Crippen molar-refractivity contribution in [1.29, 1.82) is 0 Å². The second kappa shape index (κ2) is 12.5. The predicted octanol–water partition coefficient (Wildman–Crippen LogP) is 1.77. The van der Waals surface area contributed by atoms with Gasteiger partial charge >= 0.3 is 11.8 Å². The molecule has 48 heavy (non-hydrogen) atoms. The summed E-state index contributed by atoms with van der Waals surface area (Å²) in [7, 11) is -3.37. The van der Waals surface area contributed by atoms with Crippen LogP contribution in [0, 0.1) is 11.7 Å². The lowest BCUT2D eigenvalue weighted by Crippen LogP contribution is -2.61. The summed E-state index contributed by atoms with van der Waals surface area (Å²) in [5.74, 6) is -2.65. The first-order valence-electron chi connectivity index (χ1n) is 16.6. The molecule has 0 radical (unpaired) electrons. The molecule has 2 aromatic carbocycles. The number of carbonyl (C=O) groups excluding carboxylic acids is 4. The van der Waals surface area contributed by atoms with E-state index in [1.807, 2.05) is 4.90 Å². The largest absolute Gasteiger partial charge is 0.417 e. The van der Waals surface area contributed by atoms with Gasteiger partial charge in [0, 0.05) is 31.4 Å². The molecule has 1 atom stereocenters. The van der Waals surface area contributed by atoms with Crippen molar-refractivity contribution in [3.8, 4) is 0 Å². The van der Waals surface area contributed by atoms with Crippen LogP contribution >= 0.6 is 0 Å². The molecular formula is C34H40FN6O6S+. The zero-order chi connectivity index (χ0) is 33.9. The Morgan fingerprint density at radius 2 is 1.50 bits per heavy atom. The van der Waals surface area contributed by atoms with Gasteiger partial charge in [-0.05, 0) is 101 Å². The first kappa shape index (κ1) is 32.5. The number of halogens is 1. The van der Waals surface area contributed by atoms with E-state index < -0.39 is 45.3 Å². The van der Waals surface area contributed by atoms with Crippen molar-refractivity contribution < 1.29 is 36.6 Å². The number of rotatable bonds is 7. The summed E-state index contributed by atoms with van der Waals surface area (Å²) in [5, 5.41) is -0.374. The minimum Gasteiger partial charge on any atom is -0.399 e. The first-order valence-corrected chi connectivity index (χ1v) is 18.2. The van der Waals surface area contributed by atoms with Gasteiger partial charge in [0.05, 0.1) is 33.4 Å². The van der Waals surface area contributed by atoms with Gasteiger partial charge in [-0.25, -0.2) is 22.4 Å². The van der Waals surface area contributed by atoms with Crippen molar-refractivity contribution in [1.82, 2.24) is 14.7 Å². The molecule has 0 bridgehead atoms. The molecule has 1 unspecified atom stereocenters. The zero-order valence-corrected chi connectivity index (χ0v) is 27.5. The second-order valence-electron chi connectivity index (χ2n) is 13.7. The van der Waals surface area contributed by atoms with Crippen molar-refractivity contribution in [2.75, 3.05) is 56.4 Å². The van der Waals surface area contributed by atoms with E-state index in [4.69, 9.17) is 5.73 Å². The maximum absolute atomic E-state index is 15.3. The van der Waals surface area contributed by atoms with Crippen LogP contribution in [0.25, 0.3) is 0 Å². The lowest BCUT2D eigenvalue weighted by Gasteiger charge is -2.49. The molecule has 2 N–H and O–H groups in total. The highest BCUT2D eigenvalue weighted by molar-refractivity contribution is 7.92. The first-order chi connectivity index (χ1) is 22.9. The number of nitrogen functional groups attached to an aromatic ring is 1. The van der Waals surface area contributed by atoms with E-state index in [9.17, 15) is 27.6 Å². The van der Waals surface area contributed by atoms with Gasteiger partial charge in [0.1, 0.15) is 12.5 Å². The second-order valence-corrected chi connectivity index (χ2v) is 15.9. The monoisotopic (exact) mass is 679 g/mol. The Balaban J connectivity index is 0.892. The molecule has 4 fully saturated rings. The molecule has 2 aromatic rings. The Hall–Kier alpha value is -4.01. The summed E-state index contributed by atoms with van der Waals surface area (Å²) < 4.78 is 42.2.